The Labute approximate surface area is 242 Å². The van der Waals surface area contributed by atoms with E-state index in [4.69, 9.17) is 14.2 Å². The molecule has 2 rings (SSSR count). The number of hydrogen-bond acceptors (Lipinski definition) is 5. The third-order valence-corrected chi connectivity index (χ3v) is 6.89. The Morgan fingerprint density at radius 1 is 0.700 bits per heavy atom. The van der Waals surface area contributed by atoms with Crippen LogP contribution in [0.3, 0.4) is 0 Å². The first-order valence-electron chi connectivity index (χ1n) is 15.5. The lowest BCUT2D eigenvalue weighted by atomic mass is 10.1. The highest BCUT2D eigenvalue weighted by Gasteiger charge is 2.10. The van der Waals surface area contributed by atoms with Crippen molar-refractivity contribution >= 4 is 18.0 Å². The molecule has 5 heteroatoms. The summed E-state index contributed by atoms with van der Waals surface area (Å²) >= 11 is 0. The van der Waals surface area contributed by atoms with E-state index in [9.17, 15) is 9.59 Å². The molecule has 0 heterocycles. The van der Waals surface area contributed by atoms with Crippen LogP contribution in [0, 0.1) is 0 Å². The van der Waals surface area contributed by atoms with Crippen molar-refractivity contribution in [3.8, 4) is 11.5 Å². The fourth-order valence-corrected chi connectivity index (χ4v) is 4.42. The van der Waals surface area contributed by atoms with Gasteiger partial charge in [-0.25, -0.2) is 9.59 Å². The maximum atomic E-state index is 12.5. The first kappa shape index (κ1) is 33.1. The predicted octanol–water partition coefficient (Wildman–Crippen LogP) is 9.73. The number of ether oxygens (including phenoxy) is 3. The lowest BCUT2D eigenvalue weighted by molar-refractivity contribution is -0.142. The SMILES string of the molecule is CCCCCCCCCCCOc1ccc(C(=O)Oc2ccc(C=CC(=O)O[C@H](C)CCCCCC)cc2)cc1. The molecule has 40 heavy (non-hydrogen) atoms. The summed E-state index contributed by atoms with van der Waals surface area (Å²) in [6, 6.07) is 14.1. The number of carbonyl (C=O) groups is 2. The molecule has 5 nitrogen and oxygen atoms in total. The van der Waals surface area contributed by atoms with Crippen LogP contribution in [0.25, 0.3) is 6.08 Å². The van der Waals surface area contributed by atoms with Gasteiger partial charge in [0.15, 0.2) is 0 Å². The summed E-state index contributed by atoms with van der Waals surface area (Å²) in [7, 11) is 0. The molecule has 2 aromatic carbocycles. The van der Waals surface area contributed by atoms with Crippen LogP contribution in [-0.2, 0) is 9.53 Å². The molecule has 0 aliphatic carbocycles. The zero-order chi connectivity index (χ0) is 28.8. The van der Waals surface area contributed by atoms with Crippen molar-refractivity contribution in [2.75, 3.05) is 6.61 Å². The van der Waals surface area contributed by atoms with Gasteiger partial charge in [0.1, 0.15) is 11.5 Å². The Morgan fingerprint density at radius 2 is 1.25 bits per heavy atom. The van der Waals surface area contributed by atoms with Crippen molar-refractivity contribution in [1.29, 1.82) is 0 Å². The Kier molecular flexibility index (Phi) is 17.2. The second-order valence-electron chi connectivity index (χ2n) is 10.6. The van der Waals surface area contributed by atoms with Gasteiger partial charge in [0.05, 0.1) is 18.3 Å². The van der Waals surface area contributed by atoms with E-state index in [0.717, 1.165) is 30.6 Å². The minimum absolute atomic E-state index is 0.0869. The van der Waals surface area contributed by atoms with Gasteiger partial charge in [0.25, 0.3) is 0 Å². The minimum atomic E-state index is -0.426. The molecule has 0 saturated heterocycles. The standard InChI is InChI=1S/C35H50O5/c1-4-6-8-10-11-12-13-14-16-28-38-32-25-21-31(22-26-32)35(37)40-33-23-18-30(19-24-33)20-27-34(36)39-29(3)17-15-9-7-5-2/h18-27,29H,4-17,28H2,1-3H3/t29-/m1/s1. The van der Waals surface area contributed by atoms with E-state index in [-0.39, 0.29) is 12.1 Å². The quantitative estimate of drug-likeness (QED) is 0.0670. The van der Waals surface area contributed by atoms with Crippen molar-refractivity contribution in [3.63, 3.8) is 0 Å². The summed E-state index contributed by atoms with van der Waals surface area (Å²) in [4.78, 5) is 24.6. The zero-order valence-electron chi connectivity index (χ0n) is 25.0. The third-order valence-electron chi connectivity index (χ3n) is 6.89. The van der Waals surface area contributed by atoms with Gasteiger partial charge in [0, 0.05) is 6.08 Å². The van der Waals surface area contributed by atoms with E-state index in [0.29, 0.717) is 17.9 Å². The maximum absolute atomic E-state index is 12.5. The van der Waals surface area contributed by atoms with Gasteiger partial charge in [-0.1, -0.05) is 96.6 Å². The van der Waals surface area contributed by atoms with Crippen molar-refractivity contribution < 1.29 is 23.8 Å². The first-order chi connectivity index (χ1) is 19.5. The lowest BCUT2D eigenvalue weighted by Gasteiger charge is -2.11. The Balaban J connectivity index is 1.66. The summed E-state index contributed by atoms with van der Waals surface area (Å²) in [5.74, 6) is 0.428. The average Bonchev–Trinajstić information content (AvgIpc) is 2.96. The molecule has 0 amide bonds. The molecule has 0 aliphatic heterocycles. The molecule has 0 radical (unpaired) electrons. The highest BCUT2D eigenvalue weighted by molar-refractivity contribution is 5.91. The van der Waals surface area contributed by atoms with Crippen molar-refractivity contribution in [2.24, 2.45) is 0 Å². The van der Waals surface area contributed by atoms with Crippen LogP contribution in [0.1, 0.15) is 127 Å². The van der Waals surface area contributed by atoms with E-state index in [1.54, 1.807) is 42.5 Å². The molecule has 0 N–H and O–H groups in total. The van der Waals surface area contributed by atoms with Gasteiger partial charge < -0.3 is 14.2 Å². The second kappa shape index (κ2) is 20.8. The molecule has 0 saturated carbocycles. The molecule has 0 bridgehead atoms. The Hall–Kier alpha value is -3.08. The molecule has 220 valence electrons. The molecular weight excluding hydrogens is 500 g/mol. The van der Waals surface area contributed by atoms with Crippen LogP contribution < -0.4 is 9.47 Å². The first-order valence-corrected chi connectivity index (χ1v) is 15.5. The Bertz CT molecular complexity index is 978. The number of esters is 2. The molecular formula is C35H50O5. The Morgan fingerprint density at radius 3 is 1.88 bits per heavy atom. The zero-order valence-corrected chi connectivity index (χ0v) is 25.0. The van der Waals surface area contributed by atoms with Crippen LogP contribution in [-0.4, -0.2) is 24.6 Å². The minimum Gasteiger partial charge on any atom is -0.494 e. The van der Waals surface area contributed by atoms with Crippen molar-refractivity contribution in [3.05, 3.63) is 65.7 Å². The number of carbonyl (C=O) groups excluding carboxylic acids is 2. The van der Waals surface area contributed by atoms with E-state index in [2.05, 4.69) is 13.8 Å². The van der Waals surface area contributed by atoms with Crippen LogP contribution in [0.4, 0.5) is 0 Å². The van der Waals surface area contributed by atoms with Crippen molar-refractivity contribution in [2.45, 2.75) is 117 Å². The molecule has 0 aromatic heterocycles. The summed E-state index contributed by atoms with van der Waals surface area (Å²) < 4.78 is 16.8. The summed E-state index contributed by atoms with van der Waals surface area (Å²) in [5, 5.41) is 0. The number of hydrogen-bond donors (Lipinski definition) is 0. The van der Waals surface area contributed by atoms with Crippen LogP contribution in [0.5, 0.6) is 11.5 Å². The highest BCUT2D eigenvalue weighted by atomic mass is 16.5. The number of rotatable bonds is 21. The molecule has 1 atom stereocenters. The lowest BCUT2D eigenvalue weighted by Crippen LogP contribution is -2.12. The normalized spacial score (nSPS) is 11.9. The molecule has 0 unspecified atom stereocenters. The number of unbranched alkanes of at least 4 members (excludes halogenated alkanes) is 11. The molecule has 2 aromatic rings. The molecule has 0 aliphatic rings. The van der Waals surface area contributed by atoms with Gasteiger partial charge in [-0.05, 0) is 74.2 Å². The predicted molar refractivity (Wildman–Crippen MR) is 164 cm³/mol. The summed E-state index contributed by atoms with van der Waals surface area (Å²) in [6.07, 6.45) is 20.1. The van der Waals surface area contributed by atoms with Crippen LogP contribution in [0.15, 0.2) is 54.6 Å². The van der Waals surface area contributed by atoms with Gasteiger partial charge >= 0.3 is 11.9 Å². The van der Waals surface area contributed by atoms with Gasteiger partial charge in [-0.15, -0.1) is 0 Å². The largest absolute Gasteiger partial charge is 0.494 e. The smallest absolute Gasteiger partial charge is 0.343 e. The molecule has 0 fully saturated rings. The number of benzene rings is 2. The monoisotopic (exact) mass is 550 g/mol. The fourth-order valence-electron chi connectivity index (χ4n) is 4.42. The second-order valence-corrected chi connectivity index (χ2v) is 10.6. The topological polar surface area (TPSA) is 61.8 Å². The van der Waals surface area contributed by atoms with Gasteiger partial charge in [-0.3, -0.25) is 0 Å². The van der Waals surface area contributed by atoms with E-state index >= 15 is 0 Å². The summed E-state index contributed by atoms with van der Waals surface area (Å²) in [5.41, 5.74) is 1.28. The summed E-state index contributed by atoms with van der Waals surface area (Å²) in [6.45, 7) is 7.05. The van der Waals surface area contributed by atoms with Crippen LogP contribution >= 0.6 is 0 Å². The van der Waals surface area contributed by atoms with Crippen LogP contribution in [0.2, 0.25) is 0 Å². The van der Waals surface area contributed by atoms with E-state index in [1.807, 2.05) is 19.1 Å². The fraction of sp³-hybridized carbons (Fsp3) is 0.543. The van der Waals surface area contributed by atoms with Gasteiger partial charge in [0.2, 0.25) is 0 Å². The van der Waals surface area contributed by atoms with Crippen molar-refractivity contribution in [1.82, 2.24) is 0 Å². The van der Waals surface area contributed by atoms with Gasteiger partial charge in [-0.2, -0.15) is 0 Å². The van der Waals surface area contributed by atoms with E-state index in [1.165, 1.54) is 76.7 Å². The average molecular weight is 551 g/mol. The maximum Gasteiger partial charge on any atom is 0.343 e. The van der Waals surface area contributed by atoms with E-state index < -0.39 is 5.97 Å². The molecule has 0 spiro atoms. The third kappa shape index (κ3) is 14.9. The highest BCUT2D eigenvalue weighted by Crippen LogP contribution is 2.18.